The van der Waals surface area contributed by atoms with Crippen molar-refractivity contribution in [3.05, 3.63) is 29.6 Å². The van der Waals surface area contributed by atoms with Crippen LogP contribution in [0.15, 0.2) is 12.1 Å². The van der Waals surface area contributed by atoms with Crippen molar-refractivity contribution < 1.29 is 13.2 Å². The molecule has 0 aliphatic heterocycles. The molecule has 1 saturated carbocycles. The van der Waals surface area contributed by atoms with E-state index in [0.717, 1.165) is 18.9 Å². The Hall–Kier alpha value is -1.19. The summed E-state index contributed by atoms with van der Waals surface area (Å²) in [4.78, 5) is 0. The summed E-state index contributed by atoms with van der Waals surface area (Å²) >= 11 is 0. The molecule has 0 aromatic heterocycles. The van der Waals surface area contributed by atoms with E-state index in [1.165, 1.54) is 12.8 Å². The lowest BCUT2D eigenvalue weighted by Crippen LogP contribution is -2.21. The van der Waals surface area contributed by atoms with Gasteiger partial charge in [-0.05, 0) is 24.7 Å². The van der Waals surface area contributed by atoms with E-state index in [2.05, 4.69) is 12.2 Å². The largest absolute Gasteiger partial charge is 0.382 e. The molecule has 1 N–H and O–H groups in total. The van der Waals surface area contributed by atoms with Gasteiger partial charge in [0.25, 0.3) is 0 Å². The molecule has 2 unspecified atom stereocenters. The fourth-order valence-corrected chi connectivity index (χ4v) is 2.66. The van der Waals surface area contributed by atoms with Crippen LogP contribution in [0.3, 0.4) is 0 Å². The van der Waals surface area contributed by atoms with Crippen molar-refractivity contribution in [3.8, 4) is 0 Å². The summed E-state index contributed by atoms with van der Waals surface area (Å²) in [6.45, 7) is 2.83. The van der Waals surface area contributed by atoms with Crippen LogP contribution in [-0.2, 0) is 0 Å². The second-order valence-electron chi connectivity index (χ2n) is 5.26. The molecule has 0 spiro atoms. The zero-order valence-corrected chi connectivity index (χ0v) is 10.5. The molecule has 1 fully saturated rings. The quantitative estimate of drug-likeness (QED) is 0.794. The first-order valence-electron chi connectivity index (χ1n) is 6.44. The van der Waals surface area contributed by atoms with Crippen LogP contribution >= 0.6 is 0 Å². The average molecular weight is 257 g/mol. The number of rotatable bonds is 3. The molecule has 0 radical (unpaired) electrons. The van der Waals surface area contributed by atoms with E-state index < -0.39 is 17.5 Å². The zero-order chi connectivity index (χ0) is 13.1. The lowest BCUT2D eigenvalue weighted by atomic mass is 9.82. The molecular weight excluding hydrogens is 239 g/mol. The lowest BCUT2D eigenvalue weighted by Gasteiger charge is -2.27. The highest BCUT2D eigenvalue weighted by Crippen LogP contribution is 2.29. The van der Waals surface area contributed by atoms with Crippen molar-refractivity contribution in [2.45, 2.75) is 32.6 Å². The number of hydrogen-bond donors (Lipinski definition) is 1. The van der Waals surface area contributed by atoms with Gasteiger partial charge in [0.2, 0.25) is 0 Å². The Morgan fingerprint density at radius 2 is 1.83 bits per heavy atom. The van der Waals surface area contributed by atoms with E-state index in [1.54, 1.807) is 0 Å². The summed E-state index contributed by atoms with van der Waals surface area (Å²) in [5, 5.41) is 2.89. The highest BCUT2D eigenvalue weighted by Gasteiger charge is 2.19. The molecule has 18 heavy (non-hydrogen) atoms. The summed E-state index contributed by atoms with van der Waals surface area (Å²) in [6.07, 6.45) is 4.66. The first-order valence-corrected chi connectivity index (χ1v) is 6.44. The van der Waals surface area contributed by atoms with Crippen molar-refractivity contribution >= 4 is 5.69 Å². The smallest absolute Gasteiger partial charge is 0.161 e. The van der Waals surface area contributed by atoms with Crippen molar-refractivity contribution in [3.63, 3.8) is 0 Å². The maximum Gasteiger partial charge on any atom is 0.161 e. The van der Waals surface area contributed by atoms with E-state index in [0.29, 0.717) is 24.4 Å². The zero-order valence-electron chi connectivity index (χ0n) is 10.5. The van der Waals surface area contributed by atoms with Crippen LogP contribution in [0.2, 0.25) is 0 Å². The molecule has 1 aliphatic carbocycles. The van der Waals surface area contributed by atoms with E-state index >= 15 is 0 Å². The SMILES string of the molecule is CC1CCCC(CNc2cc(F)c(F)cc2F)C1. The van der Waals surface area contributed by atoms with E-state index in [-0.39, 0.29) is 5.69 Å². The Morgan fingerprint density at radius 3 is 2.56 bits per heavy atom. The molecule has 100 valence electrons. The van der Waals surface area contributed by atoms with Crippen molar-refractivity contribution in [1.82, 2.24) is 0 Å². The molecule has 4 heteroatoms. The first kappa shape index (κ1) is 13.2. The highest BCUT2D eigenvalue weighted by molar-refractivity contribution is 5.45. The van der Waals surface area contributed by atoms with Crippen molar-refractivity contribution in [2.75, 3.05) is 11.9 Å². The number of benzene rings is 1. The van der Waals surface area contributed by atoms with Gasteiger partial charge in [0, 0.05) is 18.7 Å². The van der Waals surface area contributed by atoms with Crippen molar-refractivity contribution in [1.29, 1.82) is 0 Å². The minimum Gasteiger partial charge on any atom is -0.382 e. The Labute approximate surface area is 105 Å². The predicted octanol–water partition coefficient (Wildman–Crippen LogP) is 4.34. The van der Waals surface area contributed by atoms with Gasteiger partial charge in [0.05, 0.1) is 5.69 Å². The van der Waals surface area contributed by atoms with Crippen LogP contribution in [0.4, 0.5) is 18.9 Å². The fraction of sp³-hybridized carbons (Fsp3) is 0.571. The molecule has 1 nitrogen and oxygen atoms in total. The van der Waals surface area contributed by atoms with Crippen LogP contribution in [0, 0.1) is 29.3 Å². The fourth-order valence-electron chi connectivity index (χ4n) is 2.66. The Kier molecular flexibility index (Phi) is 4.15. The van der Waals surface area contributed by atoms with Gasteiger partial charge in [-0.15, -0.1) is 0 Å². The molecule has 2 atom stereocenters. The molecule has 0 heterocycles. The number of halogens is 3. The lowest BCUT2D eigenvalue weighted by molar-refractivity contribution is 0.293. The summed E-state index contributed by atoms with van der Waals surface area (Å²) in [5.41, 5.74) is 0.0483. The van der Waals surface area contributed by atoms with Gasteiger partial charge in [0.15, 0.2) is 11.6 Å². The summed E-state index contributed by atoms with van der Waals surface area (Å²) in [5.74, 6) is -1.72. The standard InChI is InChI=1S/C14H18F3N/c1-9-3-2-4-10(5-9)8-18-14-7-12(16)11(15)6-13(14)17/h6-7,9-10,18H,2-5,8H2,1H3. The average Bonchev–Trinajstić information content (AvgIpc) is 2.32. The molecular formula is C14H18F3N. The molecule has 1 aliphatic rings. The van der Waals surface area contributed by atoms with Gasteiger partial charge in [-0.2, -0.15) is 0 Å². The predicted molar refractivity (Wildman–Crippen MR) is 65.9 cm³/mol. The molecule has 1 aromatic rings. The maximum atomic E-state index is 13.4. The van der Waals surface area contributed by atoms with Gasteiger partial charge >= 0.3 is 0 Å². The number of nitrogens with one attached hydrogen (secondary N) is 1. The third kappa shape index (κ3) is 3.18. The molecule has 0 saturated heterocycles. The Bertz CT molecular complexity index is 420. The van der Waals surface area contributed by atoms with Crippen molar-refractivity contribution in [2.24, 2.45) is 11.8 Å². The van der Waals surface area contributed by atoms with Crippen LogP contribution in [0.5, 0.6) is 0 Å². The summed E-state index contributed by atoms with van der Waals surface area (Å²) < 4.78 is 39.2. The molecule has 2 rings (SSSR count). The number of hydrogen-bond acceptors (Lipinski definition) is 1. The molecule has 1 aromatic carbocycles. The monoisotopic (exact) mass is 257 g/mol. The van der Waals surface area contributed by atoms with Gasteiger partial charge in [-0.3, -0.25) is 0 Å². The van der Waals surface area contributed by atoms with E-state index in [9.17, 15) is 13.2 Å². The van der Waals surface area contributed by atoms with Crippen LogP contribution < -0.4 is 5.32 Å². The summed E-state index contributed by atoms with van der Waals surface area (Å²) in [7, 11) is 0. The van der Waals surface area contributed by atoms with E-state index in [1.807, 2.05) is 0 Å². The van der Waals surface area contributed by atoms with Gasteiger partial charge in [0.1, 0.15) is 5.82 Å². The summed E-state index contributed by atoms with van der Waals surface area (Å²) in [6, 6.07) is 1.47. The Balaban J connectivity index is 1.95. The normalized spacial score (nSPS) is 24.0. The van der Waals surface area contributed by atoms with Crippen LogP contribution in [0.1, 0.15) is 32.6 Å². The topological polar surface area (TPSA) is 12.0 Å². The third-order valence-corrected chi connectivity index (χ3v) is 3.64. The van der Waals surface area contributed by atoms with Gasteiger partial charge in [-0.25, -0.2) is 13.2 Å². The third-order valence-electron chi connectivity index (χ3n) is 3.64. The molecule has 0 amide bonds. The minimum absolute atomic E-state index is 0.0483. The first-order chi connectivity index (χ1) is 8.56. The highest BCUT2D eigenvalue weighted by atomic mass is 19.2. The van der Waals surface area contributed by atoms with Gasteiger partial charge in [-0.1, -0.05) is 19.8 Å². The second-order valence-corrected chi connectivity index (χ2v) is 5.26. The van der Waals surface area contributed by atoms with E-state index in [4.69, 9.17) is 0 Å². The van der Waals surface area contributed by atoms with Gasteiger partial charge < -0.3 is 5.32 Å². The second kappa shape index (κ2) is 5.63. The minimum atomic E-state index is -1.15. The molecule has 0 bridgehead atoms. The van der Waals surface area contributed by atoms with Crippen LogP contribution in [-0.4, -0.2) is 6.54 Å². The Morgan fingerprint density at radius 1 is 1.11 bits per heavy atom. The maximum absolute atomic E-state index is 13.4. The van der Waals surface area contributed by atoms with Crippen LogP contribution in [0.25, 0.3) is 0 Å². The number of anilines is 1.